The topological polar surface area (TPSA) is 88.8 Å². The summed E-state index contributed by atoms with van der Waals surface area (Å²) in [5.41, 5.74) is 1.49. The number of benzene rings is 2. The van der Waals surface area contributed by atoms with E-state index in [1.54, 1.807) is 24.1 Å². The first kappa shape index (κ1) is 22.6. The van der Waals surface area contributed by atoms with Crippen LogP contribution in [0.15, 0.2) is 76.2 Å². The summed E-state index contributed by atoms with van der Waals surface area (Å²) < 4.78 is 38.1. The number of para-hydroxylation sites is 1. The third-order valence-electron chi connectivity index (χ3n) is 4.76. The maximum atomic E-state index is 12.6. The highest BCUT2D eigenvalue weighted by molar-refractivity contribution is 7.89. The number of nitrogens with zero attached hydrogens (tertiary/aromatic N) is 1. The summed E-state index contributed by atoms with van der Waals surface area (Å²) in [6, 6.07) is 17.1. The van der Waals surface area contributed by atoms with Crippen molar-refractivity contribution < 1.29 is 22.4 Å². The Morgan fingerprint density at radius 1 is 1.06 bits per heavy atom. The number of aryl methyl sites for hydroxylation is 1. The van der Waals surface area contributed by atoms with Crippen LogP contribution in [-0.2, 0) is 16.6 Å². The van der Waals surface area contributed by atoms with E-state index in [0.29, 0.717) is 30.9 Å². The Balaban J connectivity index is 1.50. The molecule has 0 aliphatic carbocycles. The van der Waals surface area contributed by atoms with E-state index in [-0.39, 0.29) is 17.3 Å². The summed E-state index contributed by atoms with van der Waals surface area (Å²) in [4.78, 5) is 14.3. The maximum Gasteiger partial charge on any atom is 0.253 e. The molecule has 0 atom stereocenters. The molecule has 0 saturated carbocycles. The van der Waals surface area contributed by atoms with E-state index >= 15 is 0 Å². The SMILES string of the molecule is Cc1ccccc1OCCCN(C)C(=O)c1ccc(S(=O)(=O)NCc2ccco2)cc1. The molecule has 1 heterocycles. The van der Waals surface area contributed by atoms with Crippen molar-refractivity contribution in [3.8, 4) is 5.75 Å². The number of carbonyl (C=O) groups excluding carboxylic acids is 1. The number of amides is 1. The zero-order valence-electron chi connectivity index (χ0n) is 17.6. The second-order valence-electron chi connectivity index (χ2n) is 7.12. The van der Waals surface area contributed by atoms with Gasteiger partial charge in [0.15, 0.2) is 0 Å². The first-order valence-electron chi connectivity index (χ1n) is 9.93. The largest absolute Gasteiger partial charge is 0.493 e. The van der Waals surface area contributed by atoms with Crippen molar-refractivity contribution >= 4 is 15.9 Å². The van der Waals surface area contributed by atoms with Crippen molar-refractivity contribution in [3.63, 3.8) is 0 Å². The number of hydrogen-bond donors (Lipinski definition) is 1. The molecule has 164 valence electrons. The van der Waals surface area contributed by atoms with Crippen LogP contribution >= 0.6 is 0 Å². The fraction of sp³-hybridized carbons (Fsp3) is 0.261. The van der Waals surface area contributed by atoms with Crippen LogP contribution in [0.4, 0.5) is 0 Å². The third kappa shape index (κ3) is 6.19. The van der Waals surface area contributed by atoms with Gasteiger partial charge in [-0.2, -0.15) is 0 Å². The van der Waals surface area contributed by atoms with Gasteiger partial charge in [0, 0.05) is 19.2 Å². The van der Waals surface area contributed by atoms with Crippen LogP contribution in [0.2, 0.25) is 0 Å². The highest BCUT2D eigenvalue weighted by Gasteiger charge is 2.17. The number of hydrogen-bond acceptors (Lipinski definition) is 5. The monoisotopic (exact) mass is 442 g/mol. The lowest BCUT2D eigenvalue weighted by molar-refractivity contribution is 0.0787. The Bertz CT molecular complexity index is 1090. The fourth-order valence-corrected chi connectivity index (χ4v) is 3.96. The molecule has 1 N–H and O–H groups in total. The Hall–Kier alpha value is -3.10. The molecular weight excluding hydrogens is 416 g/mol. The highest BCUT2D eigenvalue weighted by atomic mass is 32.2. The van der Waals surface area contributed by atoms with Crippen LogP contribution in [0, 0.1) is 6.92 Å². The second kappa shape index (κ2) is 10.3. The summed E-state index contributed by atoms with van der Waals surface area (Å²) >= 11 is 0. The van der Waals surface area contributed by atoms with E-state index in [1.165, 1.54) is 30.5 Å². The van der Waals surface area contributed by atoms with Gasteiger partial charge in [0.25, 0.3) is 5.91 Å². The van der Waals surface area contributed by atoms with Gasteiger partial charge in [0.05, 0.1) is 24.3 Å². The molecule has 3 aromatic rings. The lowest BCUT2D eigenvalue weighted by Gasteiger charge is -2.18. The fourth-order valence-electron chi connectivity index (χ4n) is 2.96. The molecule has 0 saturated heterocycles. The van der Waals surface area contributed by atoms with Gasteiger partial charge in [-0.05, 0) is 61.4 Å². The minimum Gasteiger partial charge on any atom is -0.493 e. The van der Waals surface area contributed by atoms with Crippen LogP contribution in [-0.4, -0.2) is 39.4 Å². The Kier molecular flexibility index (Phi) is 7.49. The summed E-state index contributed by atoms with van der Waals surface area (Å²) in [7, 11) is -1.98. The molecule has 0 bridgehead atoms. The van der Waals surface area contributed by atoms with Crippen molar-refractivity contribution in [2.24, 2.45) is 0 Å². The minimum absolute atomic E-state index is 0.0589. The van der Waals surface area contributed by atoms with Crippen LogP contribution in [0.3, 0.4) is 0 Å². The molecular formula is C23H26N2O5S. The van der Waals surface area contributed by atoms with Gasteiger partial charge < -0.3 is 14.1 Å². The Labute approximate surface area is 182 Å². The van der Waals surface area contributed by atoms with E-state index < -0.39 is 10.0 Å². The molecule has 0 aliphatic heterocycles. The molecule has 8 heteroatoms. The van der Waals surface area contributed by atoms with Crippen LogP contribution in [0.25, 0.3) is 0 Å². The molecule has 0 aliphatic rings. The third-order valence-corrected chi connectivity index (χ3v) is 6.18. The predicted molar refractivity (Wildman–Crippen MR) is 117 cm³/mol. The quantitative estimate of drug-likeness (QED) is 0.485. The van der Waals surface area contributed by atoms with E-state index in [1.807, 2.05) is 31.2 Å². The van der Waals surface area contributed by atoms with E-state index in [9.17, 15) is 13.2 Å². The average molecular weight is 443 g/mol. The molecule has 31 heavy (non-hydrogen) atoms. The van der Waals surface area contributed by atoms with Gasteiger partial charge >= 0.3 is 0 Å². The van der Waals surface area contributed by atoms with Crippen molar-refractivity contribution in [3.05, 3.63) is 83.8 Å². The normalized spacial score (nSPS) is 11.3. The van der Waals surface area contributed by atoms with Crippen LogP contribution < -0.4 is 9.46 Å². The van der Waals surface area contributed by atoms with Crippen molar-refractivity contribution in [2.75, 3.05) is 20.2 Å². The zero-order valence-corrected chi connectivity index (χ0v) is 18.4. The number of ether oxygens (including phenoxy) is 1. The molecule has 0 unspecified atom stereocenters. The first-order chi connectivity index (χ1) is 14.9. The molecule has 7 nitrogen and oxygen atoms in total. The summed E-state index contributed by atoms with van der Waals surface area (Å²) in [5, 5.41) is 0. The lowest BCUT2D eigenvalue weighted by Crippen LogP contribution is -2.29. The smallest absolute Gasteiger partial charge is 0.253 e. The lowest BCUT2D eigenvalue weighted by atomic mass is 10.2. The van der Waals surface area contributed by atoms with Gasteiger partial charge in [-0.3, -0.25) is 4.79 Å². The van der Waals surface area contributed by atoms with E-state index in [0.717, 1.165) is 11.3 Å². The van der Waals surface area contributed by atoms with Gasteiger partial charge in [0.1, 0.15) is 11.5 Å². The van der Waals surface area contributed by atoms with Crippen LogP contribution in [0.1, 0.15) is 28.1 Å². The van der Waals surface area contributed by atoms with Gasteiger partial charge in [0.2, 0.25) is 10.0 Å². The standard InChI is InChI=1S/C23H26N2O5S/c1-18-7-3-4-9-22(18)30-16-6-14-25(2)23(26)19-10-12-21(13-11-19)31(27,28)24-17-20-8-5-15-29-20/h3-5,7-13,15,24H,6,14,16-17H2,1-2H3. The molecule has 0 radical (unpaired) electrons. The zero-order chi connectivity index (χ0) is 22.3. The first-order valence-corrected chi connectivity index (χ1v) is 11.4. The molecule has 0 fully saturated rings. The highest BCUT2D eigenvalue weighted by Crippen LogP contribution is 2.16. The Morgan fingerprint density at radius 2 is 1.81 bits per heavy atom. The van der Waals surface area contributed by atoms with Crippen molar-refractivity contribution in [2.45, 2.75) is 24.8 Å². The van der Waals surface area contributed by atoms with Crippen molar-refractivity contribution in [1.82, 2.24) is 9.62 Å². The molecule has 0 spiro atoms. The van der Waals surface area contributed by atoms with Gasteiger partial charge in [-0.15, -0.1) is 0 Å². The van der Waals surface area contributed by atoms with E-state index in [4.69, 9.17) is 9.15 Å². The number of furan rings is 1. The summed E-state index contributed by atoms with van der Waals surface area (Å²) in [6.07, 6.45) is 2.16. The summed E-state index contributed by atoms with van der Waals surface area (Å²) in [6.45, 7) is 3.07. The average Bonchev–Trinajstić information content (AvgIpc) is 3.30. The van der Waals surface area contributed by atoms with Gasteiger partial charge in [-0.1, -0.05) is 18.2 Å². The Morgan fingerprint density at radius 3 is 2.48 bits per heavy atom. The second-order valence-corrected chi connectivity index (χ2v) is 8.89. The van der Waals surface area contributed by atoms with Crippen LogP contribution in [0.5, 0.6) is 5.75 Å². The van der Waals surface area contributed by atoms with Gasteiger partial charge in [-0.25, -0.2) is 13.1 Å². The number of nitrogens with one attached hydrogen (secondary N) is 1. The number of carbonyl (C=O) groups is 1. The molecule has 3 rings (SSSR count). The molecule has 1 amide bonds. The number of sulfonamides is 1. The predicted octanol–water partition coefficient (Wildman–Crippen LogP) is 3.61. The van der Waals surface area contributed by atoms with E-state index in [2.05, 4.69) is 4.72 Å². The van der Waals surface area contributed by atoms with Crippen molar-refractivity contribution in [1.29, 1.82) is 0 Å². The number of rotatable bonds is 10. The molecule has 2 aromatic carbocycles. The minimum atomic E-state index is -3.70. The molecule has 1 aromatic heterocycles. The summed E-state index contributed by atoms with van der Waals surface area (Å²) in [5.74, 6) is 1.18. The maximum absolute atomic E-state index is 12.6.